The lowest BCUT2D eigenvalue weighted by Crippen LogP contribution is -1.97. The predicted octanol–water partition coefficient (Wildman–Crippen LogP) is 3.93. The Labute approximate surface area is 125 Å². The van der Waals surface area contributed by atoms with Gasteiger partial charge in [0, 0.05) is 29.4 Å². The molecular formula is C14H11ClN2O2S. The number of methoxy groups -OCH3 is 1. The molecule has 3 aromatic rings. The van der Waals surface area contributed by atoms with Gasteiger partial charge in [-0.25, -0.2) is 0 Å². The van der Waals surface area contributed by atoms with Gasteiger partial charge in [0.1, 0.15) is 6.61 Å². The molecule has 0 saturated carbocycles. The van der Waals surface area contributed by atoms with Gasteiger partial charge in [-0.3, -0.25) is 9.97 Å². The van der Waals surface area contributed by atoms with E-state index in [2.05, 4.69) is 9.97 Å². The Morgan fingerprint density at radius 2 is 1.80 bits per heavy atom. The van der Waals surface area contributed by atoms with Crippen molar-refractivity contribution in [3.05, 3.63) is 45.9 Å². The quantitative estimate of drug-likeness (QED) is 0.732. The second-order valence-electron chi connectivity index (χ2n) is 4.04. The zero-order chi connectivity index (χ0) is 13.9. The van der Waals surface area contributed by atoms with Gasteiger partial charge in [0.15, 0.2) is 11.5 Å². The highest BCUT2D eigenvalue weighted by Gasteiger charge is 2.09. The highest BCUT2D eigenvalue weighted by Crippen LogP contribution is 2.32. The summed E-state index contributed by atoms with van der Waals surface area (Å²) in [6, 6.07) is 7.45. The summed E-state index contributed by atoms with van der Waals surface area (Å²) in [5, 5.41) is 0. The van der Waals surface area contributed by atoms with Gasteiger partial charge in [0.2, 0.25) is 0 Å². The van der Waals surface area contributed by atoms with E-state index in [9.17, 15) is 0 Å². The number of benzene rings is 1. The normalized spacial score (nSPS) is 10.7. The van der Waals surface area contributed by atoms with Crippen molar-refractivity contribution in [2.24, 2.45) is 0 Å². The fourth-order valence-corrected chi connectivity index (χ4v) is 2.82. The van der Waals surface area contributed by atoms with Crippen molar-refractivity contribution < 1.29 is 9.47 Å². The van der Waals surface area contributed by atoms with E-state index in [1.807, 2.05) is 24.3 Å². The van der Waals surface area contributed by atoms with E-state index in [4.69, 9.17) is 21.1 Å². The number of aromatic nitrogens is 2. The summed E-state index contributed by atoms with van der Waals surface area (Å²) < 4.78 is 11.9. The fraction of sp³-hybridized carbons (Fsp3) is 0.143. The molecule has 0 N–H and O–H groups in total. The van der Waals surface area contributed by atoms with Crippen molar-refractivity contribution >= 4 is 34.0 Å². The van der Waals surface area contributed by atoms with Crippen LogP contribution in [0.15, 0.2) is 36.7 Å². The summed E-state index contributed by atoms with van der Waals surface area (Å²) in [5.74, 6) is 1.28. The van der Waals surface area contributed by atoms with Crippen LogP contribution in [0.25, 0.3) is 11.0 Å². The minimum atomic E-state index is 0.444. The topological polar surface area (TPSA) is 44.2 Å². The molecule has 102 valence electrons. The van der Waals surface area contributed by atoms with Gasteiger partial charge in [-0.2, -0.15) is 0 Å². The second kappa shape index (κ2) is 5.64. The van der Waals surface area contributed by atoms with Crippen LogP contribution in [0.2, 0.25) is 4.34 Å². The van der Waals surface area contributed by atoms with E-state index >= 15 is 0 Å². The van der Waals surface area contributed by atoms with Crippen LogP contribution in [0.1, 0.15) is 4.88 Å². The standard InChI is InChI=1S/C14H11ClN2O2S/c1-18-12-6-10-11(17-5-4-16-10)7-13(12)19-8-9-2-3-14(15)20-9/h2-7H,8H2,1H3. The molecule has 2 aromatic heterocycles. The number of halogens is 1. The van der Waals surface area contributed by atoms with Crippen molar-refractivity contribution in [1.29, 1.82) is 0 Å². The highest BCUT2D eigenvalue weighted by molar-refractivity contribution is 7.16. The molecule has 0 unspecified atom stereocenters. The van der Waals surface area contributed by atoms with Crippen molar-refractivity contribution in [3.8, 4) is 11.5 Å². The third kappa shape index (κ3) is 2.69. The summed E-state index contributed by atoms with van der Waals surface area (Å²) in [6.07, 6.45) is 3.30. The Morgan fingerprint density at radius 1 is 1.10 bits per heavy atom. The molecule has 20 heavy (non-hydrogen) atoms. The number of rotatable bonds is 4. The molecular weight excluding hydrogens is 296 g/mol. The molecule has 0 aliphatic rings. The van der Waals surface area contributed by atoms with Crippen LogP contribution in [-0.2, 0) is 6.61 Å². The van der Waals surface area contributed by atoms with Crippen molar-refractivity contribution in [2.45, 2.75) is 6.61 Å². The lowest BCUT2D eigenvalue weighted by atomic mass is 10.2. The Morgan fingerprint density at radius 3 is 2.40 bits per heavy atom. The SMILES string of the molecule is COc1cc2nccnc2cc1OCc1ccc(Cl)s1. The number of thiophene rings is 1. The maximum absolute atomic E-state index is 5.90. The maximum atomic E-state index is 5.90. The zero-order valence-corrected chi connectivity index (χ0v) is 12.2. The molecule has 4 nitrogen and oxygen atoms in total. The Hall–Kier alpha value is -1.85. The van der Waals surface area contributed by atoms with E-state index in [1.54, 1.807) is 19.5 Å². The predicted molar refractivity (Wildman–Crippen MR) is 79.8 cm³/mol. The Bertz CT molecular complexity index is 745. The molecule has 1 aromatic carbocycles. The summed E-state index contributed by atoms with van der Waals surface area (Å²) in [4.78, 5) is 9.55. The molecule has 2 heterocycles. The van der Waals surface area contributed by atoms with E-state index in [1.165, 1.54) is 11.3 Å². The van der Waals surface area contributed by atoms with Gasteiger partial charge in [0.25, 0.3) is 0 Å². The average Bonchev–Trinajstić information content (AvgIpc) is 2.89. The van der Waals surface area contributed by atoms with Gasteiger partial charge < -0.3 is 9.47 Å². The van der Waals surface area contributed by atoms with Crippen LogP contribution >= 0.6 is 22.9 Å². The molecule has 0 bridgehead atoms. The number of hydrogen-bond acceptors (Lipinski definition) is 5. The lowest BCUT2D eigenvalue weighted by Gasteiger charge is -2.10. The summed E-state index contributed by atoms with van der Waals surface area (Å²) in [5.41, 5.74) is 1.54. The van der Waals surface area contributed by atoms with Crippen molar-refractivity contribution in [3.63, 3.8) is 0 Å². The smallest absolute Gasteiger partial charge is 0.164 e. The first kappa shape index (κ1) is 13.1. The van der Waals surface area contributed by atoms with Crippen molar-refractivity contribution in [1.82, 2.24) is 9.97 Å². The zero-order valence-electron chi connectivity index (χ0n) is 10.7. The van der Waals surface area contributed by atoms with Crippen LogP contribution in [0, 0.1) is 0 Å². The van der Waals surface area contributed by atoms with E-state index in [-0.39, 0.29) is 0 Å². The van der Waals surface area contributed by atoms with Crippen LogP contribution in [-0.4, -0.2) is 17.1 Å². The monoisotopic (exact) mass is 306 g/mol. The molecule has 0 aliphatic carbocycles. The largest absolute Gasteiger partial charge is 0.493 e. The van der Waals surface area contributed by atoms with E-state index in [0.717, 1.165) is 20.2 Å². The molecule has 0 fully saturated rings. The number of nitrogens with zero attached hydrogens (tertiary/aromatic N) is 2. The molecule has 0 radical (unpaired) electrons. The molecule has 0 amide bonds. The summed E-state index contributed by atoms with van der Waals surface area (Å²) in [6.45, 7) is 0.444. The number of fused-ring (bicyclic) bond motifs is 1. The second-order valence-corrected chi connectivity index (χ2v) is 5.84. The van der Waals surface area contributed by atoms with Crippen LogP contribution in [0.5, 0.6) is 11.5 Å². The van der Waals surface area contributed by atoms with Gasteiger partial charge in [-0.1, -0.05) is 11.6 Å². The van der Waals surface area contributed by atoms with Gasteiger partial charge in [-0.05, 0) is 12.1 Å². The third-order valence-electron chi connectivity index (χ3n) is 2.75. The molecule has 0 aliphatic heterocycles. The first-order valence-electron chi connectivity index (χ1n) is 5.92. The number of ether oxygens (including phenoxy) is 2. The van der Waals surface area contributed by atoms with Crippen LogP contribution in [0.4, 0.5) is 0 Å². The summed E-state index contributed by atoms with van der Waals surface area (Å²) >= 11 is 7.39. The van der Waals surface area contributed by atoms with Crippen molar-refractivity contribution in [2.75, 3.05) is 7.11 Å². The molecule has 0 saturated heterocycles. The van der Waals surface area contributed by atoms with Gasteiger partial charge in [-0.15, -0.1) is 11.3 Å². The van der Waals surface area contributed by atoms with Crippen LogP contribution in [0.3, 0.4) is 0 Å². The lowest BCUT2D eigenvalue weighted by molar-refractivity contribution is 0.288. The minimum Gasteiger partial charge on any atom is -0.493 e. The summed E-state index contributed by atoms with van der Waals surface area (Å²) in [7, 11) is 1.60. The Balaban J connectivity index is 1.89. The van der Waals surface area contributed by atoms with E-state index in [0.29, 0.717) is 18.1 Å². The minimum absolute atomic E-state index is 0.444. The first-order chi connectivity index (χ1) is 9.76. The Kier molecular flexibility index (Phi) is 3.71. The molecule has 6 heteroatoms. The average molecular weight is 307 g/mol. The number of hydrogen-bond donors (Lipinski definition) is 0. The molecule has 3 rings (SSSR count). The molecule has 0 spiro atoms. The molecule has 0 atom stereocenters. The fourth-order valence-electron chi connectivity index (χ4n) is 1.82. The van der Waals surface area contributed by atoms with E-state index < -0.39 is 0 Å². The van der Waals surface area contributed by atoms with Gasteiger partial charge >= 0.3 is 0 Å². The van der Waals surface area contributed by atoms with Crippen LogP contribution < -0.4 is 9.47 Å². The maximum Gasteiger partial charge on any atom is 0.164 e. The van der Waals surface area contributed by atoms with Gasteiger partial charge in [0.05, 0.1) is 22.5 Å². The first-order valence-corrected chi connectivity index (χ1v) is 7.11. The third-order valence-corrected chi connectivity index (χ3v) is 3.96. The highest BCUT2D eigenvalue weighted by atomic mass is 35.5.